The van der Waals surface area contributed by atoms with Gasteiger partial charge in [0, 0.05) is 5.92 Å². The van der Waals surface area contributed by atoms with Crippen LogP contribution in [0.15, 0.2) is 41.3 Å². The molecule has 2 N–H and O–H groups in total. The lowest BCUT2D eigenvalue weighted by Crippen LogP contribution is -2.52. The number of para-hydroxylation sites is 1. The van der Waals surface area contributed by atoms with E-state index in [1.165, 1.54) is 6.07 Å². The number of carbonyl (C=O) groups excluding carboxylic acids is 2. The number of allylic oxidation sites excluding steroid dienone is 1. The van der Waals surface area contributed by atoms with Crippen LogP contribution in [0.2, 0.25) is 0 Å². The second-order valence-corrected chi connectivity index (χ2v) is 10.6. The number of alkyl carbamates (subject to hydrolysis) is 1. The predicted molar refractivity (Wildman–Crippen MR) is 115 cm³/mol. The van der Waals surface area contributed by atoms with Crippen LogP contribution < -0.4 is 14.8 Å². The molecule has 2 amide bonds. The van der Waals surface area contributed by atoms with Gasteiger partial charge >= 0.3 is 6.09 Å². The first-order chi connectivity index (χ1) is 14.5. The second-order valence-electron chi connectivity index (χ2n) is 8.92. The topological polar surface area (TPSA) is 111 Å². The summed E-state index contributed by atoms with van der Waals surface area (Å²) >= 11 is 0. The first-order valence-corrected chi connectivity index (χ1v) is 12.0. The number of benzene rings is 1. The Kier molecular flexibility index (Phi) is 6.64. The van der Waals surface area contributed by atoms with Crippen LogP contribution in [-0.4, -0.2) is 38.2 Å². The Hall–Kier alpha value is -2.55. The average Bonchev–Trinajstić information content (AvgIpc) is 3.35. The minimum Gasteiger partial charge on any atom is -0.492 e. The van der Waals surface area contributed by atoms with Gasteiger partial charge < -0.3 is 14.8 Å². The molecule has 1 aromatic carbocycles. The molecule has 1 aromatic rings. The normalized spacial score (nSPS) is 27.1. The van der Waals surface area contributed by atoms with Crippen molar-refractivity contribution in [2.45, 2.75) is 68.9 Å². The summed E-state index contributed by atoms with van der Waals surface area (Å²) in [5, 5.41) is 2.61. The largest absolute Gasteiger partial charge is 0.492 e. The molecule has 3 rings (SSSR count). The smallest absolute Gasteiger partial charge is 0.408 e. The van der Waals surface area contributed by atoms with E-state index in [2.05, 4.69) is 10.0 Å². The van der Waals surface area contributed by atoms with Crippen LogP contribution >= 0.6 is 0 Å². The fourth-order valence-corrected chi connectivity index (χ4v) is 4.70. The van der Waals surface area contributed by atoms with Gasteiger partial charge in [-0.05, 0) is 65.0 Å². The number of ether oxygens (including phenoxy) is 2. The molecule has 0 aromatic heterocycles. The zero-order chi connectivity index (χ0) is 22.7. The molecule has 1 saturated carbocycles. The zero-order valence-corrected chi connectivity index (χ0v) is 19.0. The minimum atomic E-state index is -4.20. The van der Waals surface area contributed by atoms with Crippen molar-refractivity contribution in [1.29, 1.82) is 0 Å². The predicted octanol–water partition coefficient (Wildman–Crippen LogP) is 3.28. The second kappa shape index (κ2) is 8.90. The number of fused-ring (bicyclic) bond motifs is 2. The molecule has 2 aliphatic rings. The molecule has 31 heavy (non-hydrogen) atoms. The molecule has 1 aliphatic carbocycles. The molecule has 1 heterocycles. The van der Waals surface area contributed by atoms with E-state index in [1.807, 2.05) is 12.2 Å². The first-order valence-electron chi connectivity index (χ1n) is 10.5. The van der Waals surface area contributed by atoms with Gasteiger partial charge in [-0.2, -0.15) is 0 Å². The summed E-state index contributed by atoms with van der Waals surface area (Å²) in [6.07, 6.45) is 6.87. The summed E-state index contributed by atoms with van der Waals surface area (Å²) in [5.74, 6) is -0.915. The van der Waals surface area contributed by atoms with Gasteiger partial charge in [-0.25, -0.2) is 17.9 Å². The van der Waals surface area contributed by atoms with E-state index in [0.717, 1.165) is 25.7 Å². The molecular formula is C22H30N2O6S. The van der Waals surface area contributed by atoms with E-state index in [4.69, 9.17) is 9.47 Å². The van der Waals surface area contributed by atoms with Crippen LogP contribution in [0, 0.1) is 5.92 Å². The molecular weight excluding hydrogens is 420 g/mol. The Morgan fingerprint density at radius 2 is 1.97 bits per heavy atom. The van der Waals surface area contributed by atoms with Gasteiger partial charge in [-0.3, -0.25) is 4.79 Å². The Balaban J connectivity index is 1.90. The summed E-state index contributed by atoms with van der Waals surface area (Å²) in [4.78, 5) is 25.4. The Bertz CT molecular complexity index is 966. The van der Waals surface area contributed by atoms with Crippen LogP contribution in [0.1, 0.15) is 52.9 Å². The highest BCUT2D eigenvalue weighted by Crippen LogP contribution is 2.45. The SMILES string of the molecule is CC(C)(C)OC(=O)N[C@]12C[C@H]1/C=C\CCCCCOc1ccccc1S(=O)(=O)NC2=O. The van der Waals surface area contributed by atoms with Crippen molar-refractivity contribution >= 4 is 22.0 Å². The summed E-state index contributed by atoms with van der Waals surface area (Å²) in [6.45, 7) is 5.53. The fraction of sp³-hybridized carbons (Fsp3) is 0.545. The van der Waals surface area contributed by atoms with Gasteiger partial charge in [0.1, 0.15) is 21.8 Å². The third kappa shape index (κ3) is 5.78. The van der Waals surface area contributed by atoms with Crippen LogP contribution in [0.25, 0.3) is 0 Å². The van der Waals surface area contributed by atoms with Crippen molar-refractivity contribution in [2.75, 3.05) is 6.61 Å². The highest BCUT2D eigenvalue weighted by atomic mass is 32.2. The summed E-state index contributed by atoms with van der Waals surface area (Å²) in [6, 6.07) is 6.20. The number of nitrogens with one attached hydrogen (secondary N) is 2. The van der Waals surface area contributed by atoms with Gasteiger partial charge in [-0.15, -0.1) is 0 Å². The number of hydrogen-bond donors (Lipinski definition) is 2. The standard InChI is InChI=1S/C22H30N2O6S/c1-21(2,3)30-20(26)23-22-15-16(22)11-7-5-4-6-10-14-29-17-12-8-9-13-18(17)31(27,28)24-19(22)25/h7-9,11-13,16H,4-6,10,14-15H2,1-3H3,(H,23,26)(H,24,25)/b11-7-/t16-,22-/m1/s1. The van der Waals surface area contributed by atoms with Crippen molar-refractivity contribution in [3.8, 4) is 5.75 Å². The monoisotopic (exact) mass is 450 g/mol. The van der Waals surface area contributed by atoms with Crippen LogP contribution in [0.5, 0.6) is 5.75 Å². The van der Waals surface area contributed by atoms with E-state index < -0.39 is 33.2 Å². The van der Waals surface area contributed by atoms with E-state index in [0.29, 0.717) is 13.0 Å². The minimum absolute atomic E-state index is 0.113. The lowest BCUT2D eigenvalue weighted by molar-refractivity contribution is -0.122. The van der Waals surface area contributed by atoms with Crippen molar-refractivity contribution in [1.82, 2.24) is 10.0 Å². The Morgan fingerprint density at radius 3 is 2.71 bits per heavy atom. The molecule has 170 valence electrons. The maximum Gasteiger partial charge on any atom is 0.408 e. The van der Waals surface area contributed by atoms with E-state index in [-0.39, 0.29) is 16.6 Å². The molecule has 2 atom stereocenters. The number of amides is 2. The van der Waals surface area contributed by atoms with Crippen LogP contribution in [0.4, 0.5) is 4.79 Å². The van der Waals surface area contributed by atoms with Crippen molar-refractivity contribution < 1.29 is 27.5 Å². The van der Waals surface area contributed by atoms with Crippen LogP contribution in [-0.2, 0) is 19.6 Å². The summed E-state index contributed by atoms with van der Waals surface area (Å²) < 4.78 is 39.1. The highest BCUT2D eigenvalue weighted by molar-refractivity contribution is 7.90. The zero-order valence-electron chi connectivity index (χ0n) is 18.1. The van der Waals surface area contributed by atoms with Gasteiger partial charge in [-0.1, -0.05) is 24.3 Å². The number of sulfonamides is 1. The molecule has 1 fully saturated rings. The molecule has 1 aliphatic heterocycles. The van der Waals surface area contributed by atoms with Crippen LogP contribution in [0.3, 0.4) is 0 Å². The van der Waals surface area contributed by atoms with Crippen molar-refractivity contribution in [3.63, 3.8) is 0 Å². The van der Waals surface area contributed by atoms with Crippen molar-refractivity contribution in [3.05, 3.63) is 36.4 Å². The third-order valence-corrected chi connectivity index (χ3v) is 6.52. The van der Waals surface area contributed by atoms with E-state index in [9.17, 15) is 18.0 Å². The lowest BCUT2D eigenvalue weighted by Gasteiger charge is -2.23. The number of carbonyl (C=O) groups is 2. The van der Waals surface area contributed by atoms with Crippen molar-refractivity contribution in [2.24, 2.45) is 5.92 Å². The molecule has 8 nitrogen and oxygen atoms in total. The van der Waals surface area contributed by atoms with Gasteiger partial charge in [0.2, 0.25) is 0 Å². The highest BCUT2D eigenvalue weighted by Gasteiger charge is 2.61. The Morgan fingerprint density at radius 1 is 1.23 bits per heavy atom. The van der Waals surface area contributed by atoms with Gasteiger partial charge in [0.15, 0.2) is 0 Å². The average molecular weight is 451 g/mol. The maximum atomic E-state index is 13.1. The number of hydrogen-bond acceptors (Lipinski definition) is 6. The molecule has 0 radical (unpaired) electrons. The quantitative estimate of drug-likeness (QED) is 0.635. The molecule has 0 unspecified atom stereocenters. The fourth-order valence-electron chi connectivity index (χ4n) is 3.51. The number of rotatable bonds is 1. The van der Waals surface area contributed by atoms with Gasteiger partial charge in [0.05, 0.1) is 6.61 Å². The van der Waals surface area contributed by atoms with E-state index in [1.54, 1.807) is 39.0 Å². The Labute approximate surface area is 183 Å². The molecule has 0 bridgehead atoms. The lowest BCUT2D eigenvalue weighted by atomic mass is 10.1. The molecule has 0 saturated heterocycles. The van der Waals surface area contributed by atoms with E-state index >= 15 is 0 Å². The third-order valence-electron chi connectivity index (χ3n) is 5.15. The summed E-state index contributed by atoms with van der Waals surface area (Å²) in [7, 11) is -4.20. The summed E-state index contributed by atoms with van der Waals surface area (Å²) in [5.41, 5.74) is -2.12. The molecule has 0 spiro atoms. The first kappa shape index (κ1) is 23.1. The van der Waals surface area contributed by atoms with Gasteiger partial charge in [0.25, 0.3) is 15.9 Å². The maximum absolute atomic E-state index is 13.1. The molecule has 9 heteroatoms.